The highest BCUT2D eigenvalue weighted by Crippen LogP contribution is 2.24. The number of carboxylic acids is 1. The molecule has 2 rings (SSSR count). The van der Waals surface area contributed by atoms with Crippen molar-refractivity contribution in [2.45, 2.75) is 17.2 Å². The van der Waals surface area contributed by atoms with Crippen molar-refractivity contribution in [1.82, 2.24) is 15.0 Å². The zero-order valence-electron chi connectivity index (χ0n) is 8.25. The molecule has 0 aliphatic rings. The maximum absolute atomic E-state index is 10.5. The van der Waals surface area contributed by atoms with E-state index in [1.54, 1.807) is 0 Å². The number of hydrogen-bond acceptors (Lipinski definition) is 6. The zero-order valence-corrected chi connectivity index (χ0v) is 9.06. The first-order valence-electron chi connectivity index (χ1n) is 4.30. The number of nitrogens with zero attached hydrogens (tertiary/aromatic N) is 3. The Morgan fingerprint density at radius 3 is 2.75 bits per heavy atom. The van der Waals surface area contributed by atoms with Gasteiger partial charge in [0.25, 0.3) is 5.22 Å². The number of carboxylic acid groups (broad SMARTS) is 1. The molecule has 0 unspecified atom stereocenters. The number of aromatic carboxylic acids is 1. The van der Waals surface area contributed by atoms with Crippen LogP contribution in [0.1, 0.15) is 16.2 Å². The largest absolute Gasteiger partial charge is 0.476 e. The minimum atomic E-state index is -1.10. The molecule has 2 aromatic rings. The topological polar surface area (TPSA) is 89.1 Å². The van der Waals surface area contributed by atoms with Crippen LogP contribution in [0.15, 0.2) is 33.3 Å². The third-order valence-electron chi connectivity index (χ3n) is 1.64. The minimum Gasteiger partial charge on any atom is -0.476 e. The van der Waals surface area contributed by atoms with Gasteiger partial charge in [0.05, 0.1) is 18.1 Å². The molecule has 0 amide bonds. The van der Waals surface area contributed by atoms with Crippen LogP contribution in [0.3, 0.4) is 0 Å². The van der Waals surface area contributed by atoms with E-state index in [-0.39, 0.29) is 5.69 Å². The van der Waals surface area contributed by atoms with E-state index in [1.807, 2.05) is 6.92 Å². The van der Waals surface area contributed by atoms with E-state index in [1.165, 1.54) is 30.4 Å². The highest BCUT2D eigenvalue weighted by molar-refractivity contribution is 7.99. The van der Waals surface area contributed by atoms with Crippen LogP contribution in [0.4, 0.5) is 0 Å². The van der Waals surface area contributed by atoms with E-state index in [2.05, 4.69) is 15.0 Å². The molecule has 0 bridgehead atoms. The van der Waals surface area contributed by atoms with Crippen molar-refractivity contribution in [2.75, 3.05) is 0 Å². The van der Waals surface area contributed by atoms with Gasteiger partial charge in [0.15, 0.2) is 5.69 Å². The summed E-state index contributed by atoms with van der Waals surface area (Å²) in [6.07, 6.45) is 4.09. The molecule has 0 atom stereocenters. The Labute approximate surface area is 94.8 Å². The fourth-order valence-electron chi connectivity index (χ4n) is 0.948. The van der Waals surface area contributed by atoms with Gasteiger partial charge in [0.1, 0.15) is 11.3 Å². The third-order valence-corrected chi connectivity index (χ3v) is 2.42. The Bertz CT molecular complexity index is 509. The first kappa shape index (κ1) is 10.6. The summed E-state index contributed by atoms with van der Waals surface area (Å²) < 4.78 is 5.11. The van der Waals surface area contributed by atoms with Crippen molar-refractivity contribution in [1.29, 1.82) is 0 Å². The molecule has 82 valence electrons. The van der Waals surface area contributed by atoms with Crippen LogP contribution in [0.25, 0.3) is 0 Å². The summed E-state index contributed by atoms with van der Waals surface area (Å²) in [4.78, 5) is 22.3. The highest BCUT2D eigenvalue weighted by Gasteiger charge is 2.08. The van der Waals surface area contributed by atoms with E-state index >= 15 is 0 Å². The maximum atomic E-state index is 10.5. The quantitative estimate of drug-likeness (QED) is 0.867. The molecule has 0 aliphatic carbocycles. The monoisotopic (exact) mass is 237 g/mol. The summed E-state index contributed by atoms with van der Waals surface area (Å²) in [6, 6.07) is 0. The lowest BCUT2D eigenvalue weighted by molar-refractivity contribution is 0.0689. The SMILES string of the molecule is Cc1coc(Sc2cnc(C(=O)O)cn2)n1. The van der Waals surface area contributed by atoms with Crippen LogP contribution in [0, 0.1) is 6.92 Å². The van der Waals surface area contributed by atoms with Crippen molar-refractivity contribution < 1.29 is 14.3 Å². The van der Waals surface area contributed by atoms with E-state index in [0.717, 1.165) is 5.69 Å². The summed E-state index contributed by atoms with van der Waals surface area (Å²) in [6.45, 7) is 1.81. The number of aromatic nitrogens is 3. The van der Waals surface area contributed by atoms with Gasteiger partial charge in [-0.1, -0.05) is 0 Å². The van der Waals surface area contributed by atoms with Crippen LogP contribution < -0.4 is 0 Å². The lowest BCUT2D eigenvalue weighted by Crippen LogP contribution is -2.00. The molecule has 0 aliphatic heterocycles. The van der Waals surface area contributed by atoms with Gasteiger partial charge in [0.2, 0.25) is 0 Å². The molecule has 0 aromatic carbocycles. The molecule has 0 saturated carbocycles. The first-order valence-corrected chi connectivity index (χ1v) is 5.12. The predicted octanol–water partition coefficient (Wildman–Crippen LogP) is 1.62. The van der Waals surface area contributed by atoms with Gasteiger partial charge in [0, 0.05) is 0 Å². The van der Waals surface area contributed by atoms with Gasteiger partial charge in [-0.25, -0.2) is 19.7 Å². The summed E-state index contributed by atoms with van der Waals surface area (Å²) in [5.74, 6) is -1.10. The summed E-state index contributed by atoms with van der Waals surface area (Å²) in [7, 11) is 0. The smallest absolute Gasteiger partial charge is 0.356 e. The van der Waals surface area contributed by atoms with Crippen LogP contribution in [0.5, 0.6) is 0 Å². The molecule has 0 spiro atoms. The zero-order chi connectivity index (χ0) is 11.5. The fourth-order valence-corrected chi connectivity index (χ4v) is 1.62. The molecule has 2 heterocycles. The second kappa shape index (κ2) is 4.31. The van der Waals surface area contributed by atoms with Gasteiger partial charge in [-0.05, 0) is 18.7 Å². The number of hydrogen-bond donors (Lipinski definition) is 1. The maximum Gasteiger partial charge on any atom is 0.356 e. The molecule has 6 nitrogen and oxygen atoms in total. The van der Waals surface area contributed by atoms with Crippen molar-refractivity contribution >= 4 is 17.7 Å². The lowest BCUT2D eigenvalue weighted by Gasteiger charge is -1.96. The van der Waals surface area contributed by atoms with Gasteiger partial charge in [-0.3, -0.25) is 0 Å². The average Bonchev–Trinajstić information content (AvgIpc) is 2.65. The van der Waals surface area contributed by atoms with Gasteiger partial charge >= 0.3 is 5.97 Å². The molecule has 0 saturated heterocycles. The molecular formula is C9H7N3O3S. The van der Waals surface area contributed by atoms with Crippen molar-refractivity contribution in [3.8, 4) is 0 Å². The second-order valence-electron chi connectivity index (χ2n) is 2.90. The van der Waals surface area contributed by atoms with E-state index in [9.17, 15) is 4.79 Å². The Kier molecular flexibility index (Phi) is 2.86. The van der Waals surface area contributed by atoms with Crippen LogP contribution in [-0.4, -0.2) is 26.0 Å². The number of oxazole rings is 1. The van der Waals surface area contributed by atoms with Crippen LogP contribution in [-0.2, 0) is 0 Å². The van der Waals surface area contributed by atoms with Gasteiger partial charge < -0.3 is 9.52 Å². The molecule has 2 aromatic heterocycles. The molecule has 16 heavy (non-hydrogen) atoms. The Morgan fingerprint density at radius 2 is 2.25 bits per heavy atom. The third kappa shape index (κ3) is 2.37. The number of aryl methyl sites for hydroxylation is 1. The van der Waals surface area contributed by atoms with Crippen molar-refractivity contribution in [2.24, 2.45) is 0 Å². The second-order valence-corrected chi connectivity index (χ2v) is 3.87. The van der Waals surface area contributed by atoms with Crippen molar-refractivity contribution in [3.63, 3.8) is 0 Å². The minimum absolute atomic E-state index is 0.0899. The predicted molar refractivity (Wildman–Crippen MR) is 54.4 cm³/mol. The Hall–Kier alpha value is -1.89. The fraction of sp³-hybridized carbons (Fsp3) is 0.111. The Balaban J connectivity index is 2.14. The van der Waals surface area contributed by atoms with E-state index in [4.69, 9.17) is 9.52 Å². The molecule has 0 fully saturated rings. The van der Waals surface area contributed by atoms with Gasteiger partial charge in [-0.2, -0.15) is 0 Å². The first-order chi connectivity index (χ1) is 7.65. The standard InChI is InChI=1S/C9H7N3O3S/c1-5-4-15-9(12-5)16-7-3-10-6(2-11-7)8(13)14/h2-4H,1H3,(H,13,14). The molecular weight excluding hydrogens is 230 g/mol. The lowest BCUT2D eigenvalue weighted by atomic mass is 10.5. The summed E-state index contributed by atoms with van der Waals surface area (Å²) in [5.41, 5.74) is 0.686. The summed E-state index contributed by atoms with van der Waals surface area (Å²) >= 11 is 1.18. The normalized spacial score (nSPS) is 10.3. The average molecular weight is 237 g/mol. The molecule has 0 radical (unpaired) electrons. The van der Waals surface area contributed by atoms with Gasteiger partial charge in [-0.15, -0.1) is 0 Å². The van der Waals surface area contributed by atoms with Crippen LogP contribution >= 0.6 is 11.8 Å². The summed E-state index contributed by atoms with van der Waals surface area (Å²) in [5, 5.41) is 9.62. The van der Waals surface area contributed by atoms with E-state index in [0.29, 0.717) is 10.2 Å². The molecule has 7 heteroatoms. The van der Waals surface area contributed by atoms with Crippen molar-refractivity contribution in [3.05, 3.63) is 30.0 Å². The number of rotatable bonds is 3. The highest BCUT2D eigenvalue weighted by atomic mass is 32.2. The van der Waals surface area contributed by atoms with E-state index < -0.39 is 5.97 Å². The Morgan fingerprint density at radius 1 is 1.44 bits per heavy atom. The molecule has 1 N–H and O–H groups in total. The number of carbonyl (C=O) groups is 1. The van der Waals surface area contributed by atoms with Crippen LogP contribution in [0.2, 0.25) is 0 Å².